The van der Waals surface area contributed by atoms with E-state index in [0.29, 0.717) is 6.54 Å². The van der Waals surface area contributed by atoms with Gasteiger partial charge in [-0.3, -0.25) is 20.0 Å². The normalized spacial score (nSPS) is 22.6. The van der Waals surface area contributed by atoms with Crippen LogP contribution >= 0.6 is 0 Å². The largest absolute Gasteiger partial charge is 0.286 e. The van der Waals surface area contributed by atoms with Gasteiger partial charge in [0.25, 0.3) is 0 Å². The first-order chi connectivity index (χ1) is 13.7. The lowest BCUT2D eigenvalue weighted by Gasteiger charge is -2.41. The third kappa shape index (κ3) is 3.80. The fraction of sp³-hybridized carbons (Fsp3) is 0.261. The zero-order valence-corrected chi connectivity index (χ0v) is 15.6. The molecule has 1 aliphatic rings. The standard InChI is InChI=1S/C23H23N3O2/c27-26(28)23-21(19-9-3-1-4-10-19)13-15-25(17-18-8-7-14-24-16-18)22(23)20-11-5-2-6-12-20/h1-12,14,16,21-23H,13,15,17H2. The van der Waals surface area contributed by atoms with Gasteiger partial charge in [0.05, 0.1) is 5.92 Å². The first-order valence-electron chi connectivity index (χ1n) is 9.60. The Hall–Kier alpha value is -3.05. The summed E-state index contributed by atoms with van der Waals surface area (Å²) in [7, 11) is 0. The molecule has 1 aliphatic heterocycles. The summed E-state index contributed by atoms with van der Waals surface area (Å²) in [5.41, 5.74) is 3.11. The predicted octanol–water partition coefficient (Wildman–Crippen LogP) is 4.46. The molecule has 1 fully saturated rings. The maximum atomic E-state index is 12.3. The molecule has 1 aromatic heterocycles. The maximum Gasteiger partial charge on any atom is 0.239 e. The zero-order valence-electron chi connectivity index (χ0n) is 15.6. The van der Waals surface area contributed by atoms with E-state index in [4.69, 9.17) is 0 Å². The topological polar surface area (TPSA) is 59.3 Å². The molecule has 3 atom stereocenters. The highest BCUT2D eigenvalue weighted by atomic mass is 16.6. The number of nitro groups is 1. The lowest BCUT2D eigenvalue weighted by Crippen LogP contribution is -2.48. The summed E-state index contributed by atoms with van der Waals surface area (Å²) in [6.45, 7) is 1.46. The quantitative estimate of drug-likeness (QED) is 0.489. The number of piperidine rings is 1. The second kappa shape index (κ2) is 8.31. The van der Waals surface area contributed by atoms with E-state index in [1.807, 2.05) is 79.0 Å². The molecule has 0 N–H and O–H groups in total. The van der Waals surface area contributed by atoms with Crippen molar-refractivity contribution in [1.29, 1.82) is 0 Å². The van der Waals surface area contributed by atoms with Crippen LogP contribution in [0, 0.1) is 10.1 Å². The molecule has 5 heteroatoms. The Bertz CT molecular complexity index is 903. The Morgan fingerprint density at radius 3 is 2.25 bits per heavy atom. The van der Waals surface area contributed by atoms with Crippen LogP contribution in [-0.2, 0) is 6.54 Å². The number of rotatable bonds is 5. The molecule has 4 rings (SSSR count). The van der Waals surface area contributed by atoms with E-state index in [9.17, 15) is 10.1 Å². The first-order valence-corrected chi connectivity index (χ1v) is 9.60. The summed E-state index contributed by atoms with van der Waals surface area (Å²) in [5.74, 6) is -0.105. The molecule has 2 aromatic carbocycles. The van der Waals surface area contributed by atoms with Gasteiger partial charge in [-0.05, 0) is 29.2 Å². The van der Waals surface area contributed by atoms with Crippen LogP contribution in [0.2, 0.25) is 0 Å². The van der Waals surface area contributed by atoms with Gasteiger partial charge < -0.3 is 0 Å². The van der Waals surface area contributed by atoms with Gasteiger partial charge in [0, 0.05) is 30.4 Å². The molecule has 0 bridgehead atoms. The molecule has 142 valence electrons. The van der Waals surface area contributed by atoms with E-state index in [0.717, 1.165) is 29.7 Å². The van der Waals surface area contributed by atoms with Crippen LogP contribution in [-0.4, -0.2) is 27.4 Å². The molecule has 2 heterocycles. The van der Waals surface area contributed by atoms with E-state index in [1.165, 1.54) is 0 Å². The molecule has 3 unspecified atom stereocenters. The van der Waals surface area contributed by atoms with E-state index in [1.54, 1.807) is 6.20 Å². The van der Waals surface area contributed by atoms with Crippen LogP contribution in [0.1, 0.15) is 35.1 Å². The minimum absolute atomic E-state index is 0.0786. The van der Waals surface area contributed by atoms with Crippen LogP contribution in [0.5, 0.6) is 0 Å². The van der Waals surface area contributed by atoms with Crippen molar-refractivity contribution in [2.45, 2.75) is 31.0 Å². The summed E-state index contributed by atoms with van der Waals surface area (Å²) in [6.07, 6.45) is 4.35. The molecule has 0 radical (unpaired) electrons. The zero-order chi connectivity index (χ0) is 19.3. The number of hydrogen-bond acceptors (Lipinski definition) is 4. The Morgan fingerprint density at radius 2 is 1.64 bits per heavy atom. The van der Waals surface area contributed by atoms with E-state index < -0.39 is 6.04 Å². The summed E-state index contributed by atoms with van der Waals surface area (Å²) >= 11 is 0. The van der Waals surface area contributed by atoms with Crippen molar-refractivity contribution < 1.29 is 4.92 Å². The summed E-state index contributed by atoms with van der Waals surface area (Å²) in [5, 5.41) is 12.3. The van der Waals surface area contributed by atoms with Crippen LogP contribution < -0.4 is 0 Å². The number of nitrogens with zero attached hydrogens (tertiary/aromatic N) is 3. The van der Waals surface area contributed by atoms with Crippen molar-refractivity contribution in [2.75, 3.05) is 6.54 Å². The Kier molecular flexibility index (Phi) is 5.44. The average Bonchev–Trinajstić information content (AvgIpc) is 2.75. The van der Waals surface area contributed by atoms with Gasteiger partial charge in [0.15, 0.2) is 0 Å². The molecule has 28 heavy (non-hydrogen) atoms. The van der Waals surface area contributed by atoms with Crippen LogP contribution in [0.3, 0.4) is 0 Å². The Labute approximate surface area is 164 Å². The predicted molar refractivity (Wildman–Crippen MR) is 108 cm³/mol. The van der Waals surface area contributed by atoms with E-state index in [-0.39, 0.29) is 16.9 Å². The van der Waals surface area contributed by atoms with E-state index >= 15 is 0 Å². The second-order valence-electron chi connectivity index (χ2n) is 7.27. The van der Waals surface area contributed by atoms with Crippen molar-refractivity contribution in [3.63, 3.8) is 0 Å². The van der Waals surface area contributed by atoms with Gasteiger partial charge in [-0.25, -0.2) is 0 Å². The highest BCUT2D eigenvalue weighted by Crippen LogP contribution is 2.41. The van der Waals surface area contributed by atoms with Crippen molar-refractivity contribution in [3.05, 3.63) is 112 Å². The molecule has 0 saturated carbocycles. The smallest absolute Gasteiger partial charge is 0.239 e. The van der Waals surface area contributed by atoms with E-state index in [2.05, 4.69) is 9.88 Å². The minimum Gasteiger partial charge on any atom is -0.286 e. The van der Waals surface area contributed by atoms with Crippen molar-refractivity contribution in [2.24, 2.45) is 0 Å². The fourth-order valence-corrected chi connectivity index (χ4v) is 4.34. The summed E-state index contributed by atoms with van der Waals surface area (Å²) < 4.78 is 0. The van der Waals surface area contributed by atoms with Crippen molar-refractivity contribution in [3.8, 4) is 0 Å². The third-order valence-electron chi connectivity index (χ3n) is 5.58. The van der Waals surface area contributed by atoms with Gasteiger partial charge >= 0.3 is 0 Å². The van der Waals surface area contributed by atoms with Crippen LogP contribution in [0.15, 0.2) is 85.2 Å². The molecule has 5 nitrogen and oxygen atoms in total. The molecular weight excluding hydrogens is 350 g/mol. The van der Waals surface area contributed by atoms with Crippen molar-refractivity contribution in [1.82, 2.24) is 9.88 Å². The maximum absolute atomic E-state index is 12.3. The molecule has 0 aliphatic carbocycles. The van der Waals surface area contributed by atoms with Gasteiger partial charge in [0.1, 0.15) is 6.04 Å². The average molecular weight is 373 g/mol. The van der Waals surface area contributed by atoms with Crippen LogP contribution in [0.4, 0.5) is 0 Å². The molecule has 1 saturated heterocycles. The lowest BCUT2D eigenvalue weighted by atomic mass is 9.78. The van der Waals surface area contributed by atoms with Gasteiger partial charge in [-0.15, -0.1) is 0 Å². The highest BCUT2D eigenvalue weighted by Gasteiger charge is 2.47. The fourth-order valence-electron chi connectivity index (χ4n) is 4.34. The Balaban J connectivity index is 1.73. The van der Waals surface area contributed by atoms with Gasteiger partial charge in [0.2, 0.25) is 6.04 Å². The second-order valence-corrected chi connectivity index (χ2v) is 7.27. The highest BCUT2D eigenvalue weighted by molar-refractivity contribution is 5.28. The lowest BCUT2D eigenvalue weighted by molar-refractivity contribution is -0.540. The molecule has 0 spiro atoms. The Morgan fingerprint density at radius 1 is 0.964 bits per heavy atom. The van der Waals surface area contributed by atoms with Crippen molar-refractivity contribution >= 4 is 0 Å². The minimum atomic E-state index is -0.699. The summed E-state index contributed by atoms with van der Waals surface area (Å²) in [6, 6.07) is 22.7. The number of pyridine rings is 1. The summed E-state index contributed by atoms with van der Waals surface area (Å²) in [4.78, 5) is 18.6. The molecule has 3 aromatic rings. The third-order valence-corrected chi connectivity index (χ3v) is 5.58. The monoisotopic (exact) mass is 373 g/mol. The van der Waals surface area contributed by atoms with Crippen LogP contribution in [0.25, 0.3) is 0 Å². The number of hydrogen-bond donors (Lipinski definition) is 0. The molecule has 0 amide bonds. The number of benzene rings is 2. The number of likely N-dealkylation sites (tertiary alicyclic amines) is 1. The first kappa shape index (κ1) is 18.3. The SMILES string of the molecule is O=[N+]([O-])C1C(c2ccccc2)CCN(Cc2cccnc2)C1c1ccccc1. The molecular formula is C23H23N3O2. The van der Waals surface area contributed by atoms with Gasteiger partial charge in [-0.2, -0.15) is 0 Å². The van der Waals surface area contributed by atoms with Gasteiger partial charge in [-0.1, -0.05) is 66.7 Å². The number of aromatic nitrogens is 1.